The van der Waals surface area contributed by atoms with Gasteiger partial charge < -0.3 is 5.32 Å². The Morgan fingerprint density at radius 3 is 2.40 bits per heavy atom. The molecule has 0 radical (unpaired) electrons. The average molecular weight is 356 g/mol. The van der Waals surface area contributed by atoms with Crippen LogP contribution < -0.4 is 10.0 Å². The minimum Gasteiger partial charge on any atom is -0.354 e. The lowest BCUT2D eigenvalue weighted by Gasteiger charge is -2.09. The summed E-state index contributed by atoms with van der Waals surface area (Å²) in [6.45, 7) is 2.01. The smallest absolute Gasteiger partial charge is 0.230 e. The number of halogens is 1. The van der Waals surface area contributed by atoms with Crippen LogP contribution >= 0.6 is 15.9 Å². The van der Waals surface area contributed by atoms with Crippen LogP contribution in [0.15, 0.2) is 41.0 Å². The maximum Gasteiger partial charge on any atom is 0.230 e. The third kappa shape index (κ3) is 4.21. The van der Waals surface area contributed by atoms with E-state index in [9.17, 15) is 8.42 Å². The van der Waals surface area contributed by atoms with Crippen molar-refractivity contribution in [1.82, 2.24) is 4.98 Å². The van der Waals surface area contributed by atoms with Gasteiger partial charge in [0, 0.05) is 10.2 Å². The minimum atomic E-state index is -3.30. The first kappa shape index (κ1) is 14.8. The lowest BCUT2D eigenvalue weighted by Crippen LogP contribution is -2.10. The number of anilines is 3. The van der Waals surface area contributed by atoms with Gasteiger partial charge in [0.2, 0.25) is 10.0 Å². The van der Waals surface area contributed by atoms with Crippen molar-refractivity contribution in [2.45, 2.75) is 6.92 Å². The van der Waals surface area contributed by atoms with E-state index in [1.54, 1.807) is 18.3 Å². The van der Waals surface area contributed by atoms with Crippen LogP contribution in [-0.4, -0.2) is 19.7 Å². The highest BCUT2D eigenvalue weighted by molar-refractivity contribution is 9.10. The highest BCUT2D eigenvalue weighted by atomic mass is 79.9. The third-order valence-electron chi connectivity index (χ3n) is 2.50. The van der Waals surface area contributed by atoms with E-state index < -0.39 is 10.0 Å². The molecule has 2 rings (SSSR count). The normalized spacial score (nSPS) is 11.2. The lowest BCUT2D eigenvalue weighted by molar-refractivity contribution is 0.606. The molecule has 0 aliphatic carbocycles. The molecular weight excluding hydrogens is 342 g/mol. The Labute approximate surface area is 126 Å². The van der Waals surface area contributed by atoms with E-state index >= 15 is 0 Å². The van der Waals surface area contributed by atoms with Gasteiger partial charge in [-0.2, -0.15) is 0 Å². The van der Waals surface area contributed by atoms with Crippen molar-refractivity contribution in [3.63, 3.8) is 0 Å². The van der Waals surface area contributed by atoms with Gasteiger partial charge in [-0.05, 0) is 42.8 Å². The van der Waals surface area contributed by atoms with Crippen molar-refractivity contribution in [3.8, 4) is 0 Å². The Hall–Kier alpha value is -1.60. The van der Waals surface area contributed by atoms with E-state index in [-0.39, 0.29) is 0 Å². The maximum atomic E-state index is 11.1. The molecule has 106 valence electrons. The number of hydrogen-bond donors (Lipinski definition) is 2. The zero-order chi connectivity index (χ0) is 14.8. The molecule has 0 amide bonds. The number of benzene rings is 1. The summed E-state index contributed by atoms with van der Waals surface area (Å²) >= 11 is 3.45. The molecule has 1 heterocycles. The summed E-state index contributed by atoms with van der Waals surface area (Å²) in [6.07, 6.45) is 2.66. The summed E-state index contributed by atoms with van der Waals surface area (Å²) in [5.74, 6) is 0.296. The summed E-state index contributed by atoms with van der Waals surface area (Å²) in [5.41, 5.74) is 2.85. The molecule has 0 fully saturated rings. The molecule has 1 aromatic carbocycles. The van der Waals surface area contributed by atoms with Crippen molar-refractivity contribution in [1.29, 1.82) is 0 Å². The SMILES string of the molecule is Cc1cc(Nc2ccc(NS(C)(=O)=O)nc2)ccc1Br. The van der Waals surface area contributed by atoms with Crippen molar-refractivity contribution in [2.75, 3.05) is 16.3 Å². The molecule has 0 bridgehead atoms. The number of nitrogens with one attached hydrogen (secondary N) is 2. The van der Waals surface area contributed by atoms with Gasteiger partial charge in [0.15, 0.2) is 0 Å². The molecule has 0 unspecified atom stereocenters. The second kappa shape index (κ2) is 5.80. The van der Waals surface area contributed by atoms with Crippen LogP contribution in [0.4, 0.5) is 17.2 Å². The zero-order valence-corrected chi connectivity index (χ0v) is 13.4. The standard InChI is InChI=1S/C13H14BrN3O2S/c1-9-7-10(3-5-12(9)14)16-11-4-6-13(15-8-11)17-20(2,18)19/h3-8,16H,1-2H3,(H,15,17). The Bertz CT molecular complexity index is 715. The summed E-state index contributed by atoms with van der Waals surface area (Å²) in [4.78, 5) is 4.04. The molecule has 2 aromatic rings. The number of hydrogen-bond acceptors (Lipinski definition) is 4. The monoisotopic (exact) mass is 355 g/mol. The van der Waals surface area contributed by atoms with Crippen molar-refractivity contribution < 1.29 is 8.42 Å². The molecular formula is C13H14BrN3O2S. The second-order valence-corrected chi connectivity index (χ2v) is 7.00. The molecule has 0 aliphatic rings. The Kier molecular flexibility index (Phi) is 4.29. The number of aryl methyl sites for hydroxylation is 1. The fourth-order valence-corrected chi connectivity index (χ4v) is 2.35. The molecule has 1 aromatic heterocycles. The van der Waals surface area contributed by atoms with Crippen molar-refractivity contribution in [3.05, 3.63) is 46.6 Å². The summed E-state index contributed by atoms with van der Waals surface area (Å²) in [7, 11) is -3.30. The molecule has 0 aliphatic heterocycles. The van der Waals surface area contributed by atoms with Gasteiger partial charge in [-0.15, -0.1) is 0 Å². The fourth-order valence-electron chi connectivity index (χ4n) is 1.61. The predicted molar refractivity (Wildman–Crippen MR) is 84.9 cm³/mol. The number of sulfonamides is 1. The van der Waals surface area contributed by atoms with E-state index in [4.69, 9.17) is 0 Å². The quantitative estimate of drug-likeness (QED) is 0.882. The minimum absolute atomic E-state index is 0.296. The molecule has 0 spiro atoms. The van der Waals surface area contributed by atoms with Crippen LogP contribution in [-0.2, 0) is 10.0 Å². The van der Waals surface area contributed by atoms with Crippen LogP contribution in [0.2, 0.25) is 0 Å². The van der Waals surface area contributed by atoms with Gasteiger partial charge in [0.05, 0.1) is 18.1 Å². The highest BCUT2D eigenvalue weighted by Gasteiger charge is 2.03. The van der Waals surface area contributed by atoms with E-state index in [0.717, 1.165) is 27.7 Å². The number of aromatic nitrogens is 1. The molecule has 0 saturated heterocycles. The average Bonchev–Trinajstić information content (AvgIpc) is 2.35. The van der Waals surface area contributed by atoms with Gasteiger partial charge in [-0.25, -0.2) is 13.4 Å². The molecule has 20 heavy (non-hydrogen) atoms. The van der Waals surface area contributed by atoms with Gasteiger partial charge in [0.1, 0.15) is 5.82 Å². The van der Waals surface area contributed by atoms with Crippen LogP contribution in [0.3, 0.4) is 0 Å². The molecule has 5 nitrogen and oxygen atoms in total. The van der Waals surface area contributed by atoms with Crippen molar-refractivity contribution in [2.24, 2.45) is 0 Å². The van der Waals surface area contributed by atoms with Gasteiger partial charge >= 0.3 is 0 Å². The predicted octanol–water partition coefficient (Wildman–Crippen LogP) is 3.27. The first-order valence-electron chi connectivity index (χ1n) is 5.80. The van der Waals surface area contributed by atoms with E-state index in [1.807, 2.05) is 25.1 Å². The summed E-state index contributed by atoms with van der Waals surface area (Å²) < 4.78 is 25.5. The van der Waals surface area contributed by atoms with Gasteiger partial charge in [-0.1, -0.05) is 15.9 Å². The fraction of sp³-hybridized carbons (Fsp3) is 0.154. The molecule has 0 saturated carbocycles. The van der Waals surface area contributed by atoms with E-state index in [1.165, 1.54) is 0 Å². The van der Waals surface area contributed by atoms with E-state index in [2.05, 4.69) is 31.0 Å². The first-order chi connectivity index (χ1) is 9.33. The number of nitrogens with zero attached hydrogens (tertiary/aromatic N) is 1. The number of rotatable bonds is 4. The highest BCUT2D eigenvalue weighted by Crippen LogP contribution is 2.23. The third-order valence-corrected chi connectivity index (χ3v) is 3.97. The Balaban J connectivity index is 2.12. The van der Waals surface area contributed by atoms with Crippen molar-refractivity contribution >= 4 is 43.1 Å². The Morgan fingerprint density at radius 1 is 1.15 bits per heavy atom. The largest absolute Gasteiger partial charge is 0.354 e. The summed E-state index contributed by atoms with van der Waals surface area (Å²) in [6, 6.07) is 9.28. The molecule has 0 atom stereocenters. The van der Waals surface area contributed by atoms with Crippen LogP contribution in [0.5, 0.6) is 0 Å². The van der Waals surface area contributed by atoms with Crippen LogP contribution in [0, 0.1) is 6.92 Å². The van der Waals surface area contributed by atoms with Crippen LogP contribution in [0.1, 0.15) is 5.56 Å². The summed E-state index contributed by atoms with van der Waals surface area (Å²) in [5, 5.41) is 3.20. The first-order valence-corrected chi connectivity index (χ1v) is 8.49. The maximum absolute atomic E-state index is 11.1. The second-order valence-electron chi connectivity index (χ2n) is 4.40. The van der Waals surface area contributed by atoms with Crippen LogP contribution in [0.25, 0.3) is 0 Å². The lowest BCUT2D eigenvalue weighted by atomic mass is 10.2. The van der Waals surface area contributed by atoms with Gasteiger partial charge in [0.25, 0.3) is 0 Å². The zero-order valence-electron chi connectivity index (χ0n) is 11.0. The number of pyridine rings is 1. The topological polar surface area (TPSA) is 71.1 Å². The Morgan fingerprint density at radius 2 is 1.85 bits per heavy atom. The molecule has 2 N–H and O–H groups in total. The molecule has 7 heteroatoms. The van der Waals surface area contributed by atoms with Gasteiger partial charge in [-0.3, -0.25) is 4.72 Å². The van der Waals surface area contributed by atoms with E-state index in [0.29, 0.717) is 5.82 Å².